The minimum Gasteiger partial charge on any atom is -0.497 e. The Morgan fingerprint density at radius 2 is 2.20 bits per heavy atom. The van der Waals surface area contributed by atoms with Crippen LogP contribution in [0, 0.1) is 5.82 Å². The molecule has 2 nitrogen and oxygen atoms in total. The highest BCUT2D eigenvalue weighted by Crippen LogP contribution is 2.25. The lowest BCUT2D eigenvalue weighted by atomic mass is 10.0. The summed E-state index contributed by atoms with van der Waals surface area (Å²) in [5, 5.41) is 0. The second kappa shape index (κ2) is 4.45. The minimum atomic E-state index is -0.267. The van der Waals surface area contributed by atoms with Gasteiger partial charge in [0.15, 0.2) is 0 Å². The van der Waals surface area contributed by atoms with Gasteiger partial charge in [0.05, 0.1) is 20.3 Å². The van der Waals surface area contributed by atoms with Crippen LogP contribution >= 0.6 is 0 Å². The highest BCUT2D eigenvalue weighted by atomic mass is 19.1. The molecule has 0 atom stereocenters. The Morgan fingerprint density at radius 1 is 1.33 bits per heavy atom. The molecule has 1 aliphatic rings. The number of ether oxygens (including phenoxy) is 2. The van der Waals surface area contributed by atoms with Crippen molar-refractivity contribution in [2.24, 2.45) is 0 Å². The molecule has 0 unspecified atom stereocenters. The van der Waals surface area contributed by atoms with Crippen molar-refractivity contribution < 1.29 is 13.9 Å². The zero-order valence-electron chi connectivity index (χ0n) is 8.63. The van der Waals surface area contributed by atoms with Crippen molar-refractivity contribution in [1.29, 1.82) is 0 Å². The highest BCUT2D eigenvalue weighted by Gasteiger charge is 2.09. The van der Waals surface area contributed by atoms with Gasteiger partial charge in [0.2, 0.25) is 0 Å². The van der Waals surface area contributed by atoms with Gasteiger partial charge in [-0.3, -0.25) is 0 Å². The maximum absolute atomic E-state index is 13.2. The fraction of sp³-hybridized carbons (Fsp3) is 0.333. The van der Waals surface area contributed by atoms with Gasteiger partial charge in [0, 0.05) is 6.07 Å². The van der Waals surface area contributed by atoms with E-state index in [1.165, 1.54) is 19.2 Å². The van der Waals surface area contributed by atoms with E-state index in [0.29, 0.717) is 19.0 Å². The number of benzene rings is 1. The topological polar surface area (TPSA) is 18.5 Å². The van der Waals surface area contributed by atoms with E-state index in [1.54, 1.807) is 0 Å². The minimum absolute atomic E-state index is 0.267. The summed E-state index contributed by atoms with van der Waals surface area (Å²) in [6, 6.07) is 4.75. The summed E-state index contributed by atoms with van der Waals surface area (Å²) in [4.78, 5) is 0. The van der Waals surface area contributed by atoms with Gasteiger partial charge >= 0.3 is 0 Å². The Kier molecular flexibility index (Phi) is 3.02. The molecular formula is C12H13FO2. The van der Waals surface area contributed by atoms with Crippen LogP contribution in [0.25, 0.3) is 5.57 Å². The average Bonchev–Trinajstić information content (AvgIpc) is 2.29. The van der Waals surface area contributed by atoms with E-state index in [1.807, 2.05) is 12.1 Å². The van der Waals surface area contributed by atoms with Crippen LogP contribution in [0.1, 0.15) is 12.0 Å². The van der Waals surface area contributed by atoms with E-state index in [0.717, 1.165) is 17.6 Å². The van der Waals surface area contributed by atoms with Crippen molar-refractivity contribution in [2.75, 3.05) is 20.3 Å². The second-order valence-corrected chi connectivity index (χ2v) is 3.43. The maximum Gasteiger partial charge on any atom is 0.127 e. The number of hydrogen-bond acceptors (Lipinski definition) is 2. The smallest absolute Gasteiger partial charge is 0.127 e. The van der Waals surface area contributed by atoms with Crippen LogP contribution in [0.5, 0.6) is 5.75 Å². The molecule has 0 fully saturated rings. The monoisotopic (exact) mass is 208 g/mol. The van der Waals surface area contributed by atoms with Crippen LogP contribution in [-0.4, -0.2) is 20.3 Å². The van der Waals surface area contributed by atoms with Gasteiger partial charge < -0.3 is 9.47 Å². The lowest BCUT2D eigenvalue weighted by Crippen LogP contribution is -2.04. The molecule has 0 aromatic heterocycles. The molecule has 0 spiro atoms. The summed E-state index contributed by atoms with van der Waals surface area (Å²) < 4.78 is 23.5. The first-order valence-corrected chi connectivity index (χ1v) is 4.91. The van der Waals surface area contributed by atoms with Gasteiger partial charge in [-0.25, -0.2) is 4.39 Å². The molecule has 0 bridgehead atoms. The first-order valence-electron chi connectivity index (χ1n) is 4.91. The van der Waals surface area contributed by atoms with E-state index >= 15 is 0 Å². The van der Waals surface area contributed by atoms with Crippen LogP contribution in [-0.2, 0) is 4.74 Å². The molecule has 0 aliphatic carbocycles. The average molecular weight is 208 g/mol. The van der Waals surface area contributed by atoms with Gasteiger partial charge in [-0.05, 0) is 29.7 Å². The summed E-state index contributed by atoms with van der Waals surface area (Å²) in [6.45, 7) is 1.30. The first-order chi connectivity index (χ1) is 7.29. The second-order valence-electron chi connectivity index (χ2n) is 3.43. The summed E-state index contributed by atoms with van der Waals surface area (Å²) in [5.41, 5.74) is 2.01. The van der Waals surface area contributed by atoms with Gasteiger partial charge in [-0.1, -0.05) is 6.08 Å². The number of methoxy groups -OCH3 is 1. The third-order valence-electron chi connectivity index (χ3n) is 2.44. The fourth-order valence-electron chi connectivity index (χ4n) is 1.66. The van der Waals surface area contributed by atoms with Crippen molar-refractivity contribution in [1.82, 2.24) is 0 Å². The summed E-state index contributed by atoms with van der Waals surface area (Å²) in [6.07, 6.45) is 2.81. The number of rotatable bonds is 2. The number of halogens is 1. The largest absolute Gasteiger partial charge is 0.497 e. The molecule has 2 rings (SSSR count). The lowest BCUT2D eigenvalue weighted by Gasteiger charge is -2.14. The molecule has 0 radical (unpaired) electrons. The van der Waals surface area contributed by atoms with Crippen LogP contribution in [0.3, 0.4) is 0 Å². The van der Waals surface area contributed by atoms with Crippen LogP contribution in [0.15, 0.2) is 24.3 Å². The molecule has 0 saturated heterocycles. The van der Waals surface area contributed by atoms with Crippen molar-refractivity contribution >= 4 is 5.57 Å². The molecule has 0 N–H and O–H groups in total. The third-order valence-corrected chi connectivity index (χ3v) is 2.44. The van der Waals surface area contributed by atoms with E-state index in [9.17, 15) is 4.39 Å². The summed E-state index contributed by atoms with van der Waals surface area (Å²) in [7, 11) is 1.54. The summed E-state index contributed by atoms with van der Waals surface area (Å²) in [5.74, 6) is 0.286. The molecule has 3 heteroatoms. The molecule has 1 heterocycles. The molecule has 80 valence electrons. The van der Waals surface area contributed by atoms with Gasteiger partial charge in [0.1, 0.15) is 11.6 Å². The van der Waals surface area contributed by atoms with Crippen molar-refractivity contribution in [3.05, 3.63) is 35.7 Å². The van der Waals surface area contributed by atoms with E-state index < -0.39 is 0 Å². The van der Waals surface area contributed by atoms with E-state index in [-0.39, 0.29) is 5.82 Å². The van der Waals surface area contributed by atoms with Gasteiger partial charge in [-0.2, -0.15) is 0 Å². The fourth-order valence-corrected chi connectivity index (χ4v) is 1.66. The lowest BCUT2D eigenvalue weighted by molar-refractivity contribution is 0.161. The van der Waals surface area contributed by atoms with Crippen LogP contribution in [0.4, 0.5) is 4.39 Å². The van der Waals surface area contributed by atoms with E-state index in [4.69, 9.17) is 9.47 Å². The van der Waals surface area contributed by atoms with Crippen molar-refractivity contribution in [3.63, 3.8) is 0 Å². The Hall–Kier alpha value is -1.35. The SMILES string of the molecule is COc1cc(F)cc(C2=CCOCC2)c1. The molecule has 1 aliphatic heterocycles. The predicted octanol–water partition coefficient (Wildman–Crippen LogP) is 2.64. The van der Waals surface area contributed by atoms with Crippen LogP contribution in [0.2, 0.25) is 0 Å². The maximum atomic E-state index is 13.2. The zero-order chi connectivity index (χ0) is 10.7. The first kappa shape index (κ1) is 10.2. The Bertz CT molecular complexity index is 385. The van der Waals surface area contributed by atoms with Gasteiger partial charge in [0.25, 0.3) is 0 Å². The third kappa shape index (κ3) is 2.36. The quantitative estimate of drug-likeness (QED) is 0.743. The predicted molar refractivity (Wildman–Crippen MR) is 56.4 cm³/mol. The Labute approximate surface area is 88.3 Å². The standard InChI is InChI=1S/C12H13FO2/c1-14-12-7-10(6-11(13)8-12)9-2-4-15-5-3-9/h2,6-8H,3-5H2,1H3. The van der Waals surface area contributed by atoms with Crippen LogP contribution < -0.4 is 4.74 Å². The zero-order valence-corrected chi connectivity index (χ0v) is 8.63. The van der Waals surface area contributed by atoms with Crippen molar-refractivity contribution in [2.45, 2.75) is 6.42 Å². The molecule has 1 aromatic carbocycles. The normalized spacial score (nSPS) is 16.0. The molecule has 1 aromatic rings. The molecular weight excluding hydrogens is 195 g/mol. The highest BCUT2D eigenvalue weighted by molar-refractivity contribution is 5.67. The molecule has 0 amide bonds. The Balaban J connectivity index is 2.34. The summed E-state index contributed by atoms with van der Waals surface area (Å²) >= 11 is 0. The molecule has 0 saturated carbocycles. The Morgan fingerprint density at radius 3 is 2.87 bits per heavy atom. The number of hydrogen-bond donors (Lipinski definition) is 0. The van der Waals surface area contributed by atoms with Gasteiger partial charge in [-0.15, -0.1) is 0 Å². The van der Waals surface area contributed by atoms with Crippen molar-refractivity contribution in [3.8, 4) is 5.75 Å². The van der Waals surface area contributed by atoms with E-state index in [2.05, 4.69) is 0 Å². The molecule has 15 heavy (non-hydrogen) atoms.